The van der Waals surface area contributed by atoms with Gasteiger partial charge in [0.2, 0.25) is 0 Å². The van der Waals surface area contributed by atoms with Gasteiger partial charge in [0, 0.05) is 19.3 Å². The van der Waals surface area contributed by atoms with Crippen LogP contribution in [-0.2, 0) is 0 Å². The third-order valence-corrected chi connectivity index (χ3v) is 3.51. The zero-order valence-corrected chi connectivity index (χ0v) is 9.76. The minimum Gasteiger partial charge on any atom is -0.396 e. The highest BCUT2D eigenvalue weighted by Gasteiger charge is 2.26. The lowest BCUT2D eigenvalue weighted by atomic mass is 9.97. The molecule has 0 aliphatic heterocycles. The Balaban J connectivity index is 1.96. The number of pyridine rings is 1. The SMILES string of the molecule is N#Cc1cccnc1NCC1CCCC1CO. The molecule has 0 saturated heterocycles. The fourth-order valence-corrected chi connectivity index (χ4v) is 2.49. The molecular formula is C13H17N3O. The van der Waals surface area contributed by atoms with E-state index in [1.54, 1.807) is 18.3 Å². The molecule has 17 heavy (non-hydrogen) atoms. The Morgan fingerprint density at radius 3 is 3.06 bits per heavy atom. The van der Waals surface area contributed by atoms with E-state index in [0.717, 1.165) is 19.4 Å². The Morgan fingerprint density at radius 2 is 2.29 bits per heavy atom. The van der Waals surface area contributed by atoms with E-state index in [4.69, 9.17) is 5.26 Å². The van der Waals surface area contributed by atoms with Crippen molar-refractivity contribution >= 4 is 5.82 Å². The van der Waals surface area contributed by atoms with Crippen LogP contribution < -0.4 is 5.32 Å². The molecule has 0 amide bonds. The van der Waals surface area contributed by atoms with Gasteiger partial charge in [0.1, 0.15) is 11.9 Å². The lowest BCUT2D eigenvalue weighted by Gasteiger charge is -2.18. The summed E-state index contributed by atoms with van der Waals surface area (Å²) in [5.74, 6) is 1.55. The molecule has 1 saturated carbocycles. The Kier molecular flexibility index (Phi) is 3.94. The highest BCUT2D eigenvalue weighted by molar-refractivity contribution is 5.51. The van der Waals surface area contributed by atoms with Gasteiger partial charge in [-0.2, -0.15) is 5.26 Å². The second-order valence-electron chi connectivity index (χ2n) is 4.53. The van der Waals surface area contributed by atoms with Gasteiger partial charge in [-0.3, -0.25) is 0 Å². The van der Waals surface area contributed by atoms with Crippen molar-refractivity contribution in [2.75, 3.05) is 18.5 Å². The molecule has 0 aromatic carbocycles. The number of aliphatic hydroxyl groups excluding tert-OH is 1. The summed E-state index contributed by atoms with van der Waals surface area (Å²) in [4.78, 5) is 4.17. The van der Waals surface area contributed by atoms with Gasteiger partial charge in [-0.15, -0.1) is 0 Å². The molecule has 0 spiro atoms. The fourth-order valence-electron chi connectivity index (χ4n) is 2.49. The molecule has 90 valence electrons. The first kappa shape index (κ1) is 11.9. The molecule has 1 aromatic rings. The van der Waals surface area contributed by atoms with E-state index in [9.17, 15) is 5.11 Å². The fraction of sp³-hybridized carbons (Fsp3) is 0.538. The van der Waals surface area contributed by atoms with E-state index >= 15 is 0 Å². The van der Waals surface area contributed by atoms with Gasteiger partial charge in [0.15, 0.2) is 0 Å². The molecule has 2 N–H and O–H groups in total. The third-order valence-electron chi connectivity index (χ3n) is 3.51. The average Bonchev–Trinajstić information content (AvgIpc) is 2.84. The van der Waals surface area contributed by atoms with Crippen LogP contribution in [0.5, 0.6) is 0 Å². The summed E-state index contributed by atoms with van der Waals surface area (Å²) in [6.07, 6.45) is 5.12. The minimum absolute atomic E-state index is 0.264. The van der Waals surface area contributed by atoms with E-state index in [2.05, 4.69) is 16.4 Å². The molecule has 1 aliphatic rings. The molecule has 1 fully saturated rings. The van der Waals surface area contributed by atoms with E-state index in [0.29, 0.717) is 23.2 Å². The zero-order valence-electron chi connectivity index (χ0n) is 9.76. The minimum atomic E-state index is 0.264. The standard InChI is InChI=1S/C13H17N3O/c14-7-10-5-2-6-15-13(10)16-8-11-3-1-4-12(11)9-17/h2,5-6,11-12,17H,1,3-4,8-9H2,(H,15,16). The van der Waals surface area contributed by atoms with Gasteiger partial charge in [0.25, 0.3) is 0 Å². The summed E-state index contributed by atoms with van der Waals surface area (Å²) in [6, 6.07) is 5.64. The van der Waals surface area contributed by atoms with Crippen LogP contribution in [0, 0.1) is 23.2 Å². The van der Waals surface area contributed by atoms with Crippen LogP contribution in [-0.4, -0.2) is 23.2 Å². The van der Waals surface area contributed by atoms with Crippen LogP contribution in [0.25, 0.3) is 0 Å². The lowest BCUT2D eigenvalue weighted by Crippen LogP contribution is -2.21. The maximum Gasteiger partial charge on any atom is 0.143 e. The molecular weight excluding hydrogens is 214 g/mol. The second-order valence-corrected chi connectivity index (χ2v) is 4.53. The topological polar surface area (TPSA) is 68.9 Å². The van der Waals surface area contributed by atoms with E-state index in [1.807, 2.05) is 0 Å². The number of aliphatic hydroxyl groups is 1. The van der Waals surface area contributed by atoms with Crippen LogP contribution in [0.15, 0.2) is 18.3 Å². The largest absolute Gasteiger partial charge is 0.396 e. The van der Waals surface area contributed by atoms with Crippen molar-refractivity contribution in [3.63, 3.8) is 0 Å². The summed E-state index contributed by atoms with van der Waals surface area (Å²) in [6.45, 7) is 1.05. The maximum absolute atomic E-state index is 9.24. The zero-order chi connectivity index (χ0) is 12.1. The number of aromatic nitrogens is 1. The smallest absolute Gasteiger partial charge is 0.143 e. The van der Waals surface area contributed by atoms with Gasteiger partial charge in [-0.1, -0.05) is 6.42 Å². The Bertz CT molecular complexity index is 413. The molecule has 4 nitrogen and oxygen atoms in total. The predicted molar refractivity (Wildman–Crippen MR) is 65.4 cm³/mol. The highest BCUT2D eigenvalue weighted by Crippen LogP contribution is 2.31. The molecule has 4 heteroatoms. The molecule has 2 unspecified atom stereocenters. The Morgan fingerprint density at radius 1 is 1.47 bits per heavy atom. The highest BCUT2D eigenvalue weighted by atomic mass is 16.3. The van der Waals surface area contributed by atoms with Gasteiger partial charge < -0.3 is 10.4 Å². The van der Waals surface area contributed by atoms with Crippen molar-refractivity contribution in [3.8, 4) is 6.07 Å². The number of hydrogen-bond donors (Lipinski definition) is 2. The van der Waals surface area contributed by atoms with E-state index in [1.165, 1.54) is 6.42 Å². The Hall–Kier alpha value is -1.60. The second kappa shape index (κ2) is 5.65. The summed E-state index contributed by atoms with van der Waals surface area (Å²) >= 11 is 0. The number of anilines is 1. The van der Waals surface area contributed by atoms with Gasteiger partial charge in [0.05, 0.1) is 5.56 Å². The molecule has 1 aromatic heterocycles. The number of nitrogens with one attached hydrogen (secondary N) is 1. The van der Waals surface area contributed by atoms with E-state index in [-0.39, 0.29) is 6.61 Å². The monoisotopic (exact) mass is 231 g/mol. The number of rotatable bonds is 4. The summed E-state index contributed by atoms with van der Waals surface area (Å²) in [5.41, 5.74) is 0.575. The molecule has 2 rings (SSSR count). The maximum atomic E-state index is 9.24. The normalized spacial score (nSPS) is 23.3. The van der Waals surface area contributed by atoms with Crippen LogP contribution in [0.2, 0.25) is 0 Å². The summed E-state index contributed by atoms with van der Waals surface area (Å²) in [7, 11) is 0. The molecule has 0 radical (unpaired) electrons. The molecule has 1 aliphatic carbocycles. The van der Waals surface area contributed by atoms with Crippen LogP contribution in [0.3, 0.4) is 0 Å². The third kappa shape index (κ3) is 2.75. The summed E-state index contributed by atoms with van der Waals surface area (Å²) in [5, 5.41) is 21.4. The van der Waals surface area contributed by atoms with Crippen LogP contribution in [0.4, 0.5) is 5.82 Å². The first-order valence-corrected chi connectivity index (χ1v) is 6.05. The lowest BCUT2D eigenvalue weighted by molar-refractivity contribution is 0.199. The average molecular weight is 231 g/mol. The van der Waals surface area contributed by atoms with Crippen molar-refractivity contribution < 1.29 is 5.11 Å². The van der Waals surface area contributed by atoms with Gasteiger partial charge in [-0.25, -0.2) is 4.98 Å². The van der Waals surface area contributed by atoms with Crippen molar-refractivity contribution in [2.45, 2.75) is 19.3 Å². The van der Waals surface area contributed by atoms with Gasteiger partial charge in [-0.05, 0) is 36.8 Å². The van der Waals surface area contributed by atoms with Crippen molar-refractivity contribution in [1.82, 2.24) is 4.98 Å². The van der Waals surface area contributed by atoms with Gasteiger partial charge >= 0.3 is 0 Å². The molecule has 1 heterocycles. The van der Waals surface area contributed by atoms with Crippen molar-refractivity contribution in [1.29, 1.82) is 5.26 Å². The Labute approximate surface area is 101 Å². The first-order valence-electron chi connectivity index (χ1n) is 6.05. The van der Waals surface area contributed by atoms with Crippen LogP contribution in [0.1, 0.15) is 24.8 Å². The van der Waals surface area contributed by atoms with Crippen LogP contribution >= 0.6 is 0 Å². The number of nitrogens with zero attached hydrogens (tertiary/aromatic N) is 2. The molecule has 0 bridgehead atoms. The number of nitriles is 1. The summed E-state index contributed by atoms with van der Waals surface area (Å²) < 4.78 is 0. The van der Waals surface area contributed by atoms with Crippen molar-refractivity contribution in [2.24, 2.45) is 11.8 Å². The predicted octanol–water partition coefficient (Wildman–Crippen LogP) is 1.77. The van der Waals surface area contributed by atoms with Crippen molar-refractivity contribution in [3.05, 3.63) is 23.9 Å². The first-order chi connectivity index (χ1) is 8.35. The van der Waals surface area contributed by atoms with E-state index < -0.39 is 0 Å². The quantitative estimate of drug-likeness (QED) is 0.828. The number of hydrogen-bond acceptors (Lipinski definition) is 4. The molecule has 2 atom stereocenters.